The Morgan fingerprint density at radius 2 is 0.931 bits per heavy atom. The zero-order valence-electron chi connectivity index (χ0n) is 40.7. The molecule has 1 aliphatic rings. The number of nitrogens with zero attached hydrogens (tertiary/aromatic N) is 12. The van der Waals surface area contributed by atoms with Gasteiger partial charge in [0, 0.05) is 51.1 Å². The summed E-state index contributed by atoms with van der Waals surface area (Å²) in [5.74, 6) is 3.32. The molecule has 1 fully saturated rings. The molecule has 0 bridgehead atoms. The van der Waals surface area contributed by atoms with Gasteiger partial charge in [0.15, 0.2) is 23.3 Å². The SMILES string of the molecule is CCCC[C@@H](CO)Nc1nc(N)nc2cccnc12.CCCC[C@H](CO)Nc1nc(N)nc2cccnc12.Nc1nc(NCC2CCCO2)c2ncccc2n1.Nc1nc(NCCCO)c2ncccc2n1. The zero-order chi connectivity index (χ0) is 51.1. The van der Waals surface area contributed by atoms with Crippen LogP contribution in [0.3, 0.4) is 0 Å². The first-order valence-electron chi connectivity index (χ1n) is 24.1. The third kappa shape index (κ3) is 15.9. The minimum absolute atomic E-state index is 0.0422. The minimum Gasteiger partial charge on any atom is -0.396 e. The molecule has 0 radical (unpaired) electrons. The predicted molar refractivity (Wildman–Crippen MR) is 283 cm³/mol. The van der Waals surface area contributed by atoms with E-state index in [2.05, 4.69) is 94.9 Å². The first-order valence-corrected chi connectivity index (χ1v) is 24.1. The second kappa shape index (κ2) is 28.1. The minimum atomic E-state index is -0.0422. The second-order valence-electron chi connectivity index (χ2n) is 16.6. The third-order valence-electron chi connectivity index (χ3n) is 11.0. The van der Waals surface area contributed by atoms with E-state index < -0.39 is 0 Å². The van der Waals surface area contributed by atoms with Crippen molar-refractivity contribution in [3.8, 4) is 0 Å². The fourth-order valence-electron chi connectivity index (χ4n) is 7.40. The molecule has 8 aromatic heterocycles. The zero-order valence-corrected chi connectivity index (χ0v) is 40.7. The number of unbranched alkanes of at least 4 members (excludes halogenated alkanes) is 2. The molecule has 8 aromatic rings. The molecule has 24 heteroatoms. The highest BCUT2D eigenvalue weighted by molar-refractivity contribution is 5.88. The number of anilines is 8. The van der Waals surface area contributed by atoms with Crippen LogP contribution >= 0.6 is 0 Å². The van der Waals surface area contributed by atoms with Gasteiger partial charge >= 0.3 is 0 Å². The lowest BCUT2D eigenvalue weighted by Crippen LogP contribution is -2.24. The molecule has 382 valence electrons. The van der Waals surface area contributed by atoms with Crippen molar-refractivity contribution in [1.82, 2.24) is 59.8 Å². The van der Waals surface area contributed by atoms with Crippen molar-refractivity contribution in [2.24, 2.45) is 0 Å². The largest absolute Gasteiger partial charge is 0.396 e. The molecule has 15 N–H and O–H groups in total. The Labute approximate surface area is 416 Å². The fraction of sp³-hybridized carbons (Fsp3) is 0.417. The number of aliphatic hydroxyl groups is 3. The number of nitrogen functional groups attached to an aromatic ring is 4. The summed E-state index contributed by atoms with van der Waals surface area (Å²) in [4.78, 5) is 50.1. The highest BCUT2D eigenvalue weighted by Gasteiger charge is 2.17. The standard InChI is InChI=1S/2C13H19N5O.C12H15N5O.C10H13N5O/c2*1-2-3-5-9(8-19)16-12-11-10(6-4-7-15-11)17-13(14)18-12;13-12-16-9-4-1-5-14-10(9)11(17-12)15-7-8-3-2-6-18-8;11-10-14-7-3-1-4-12-8(7)9(15-10)13-5-2-6-16/h2*4,6-7,9,19H,2-3,5,8H2,1H3,(H3,14,16,17,18);1,4-5,8H,2-3,6-7H2,(H3,13,15,16,17);1,3-4,16H,2,5-6H2,(H3,11,13,14,15)/t2*9-;;/m10../s1. The Morgan fingerprint density at radius 1 is 0.542 bits per heavy atom. The molecule has 0 spiro atoms. The number of fused-ring (bicyclic) bond motifs is 4. The van der Waals surface area contributed by atoms with Crippen molar-refractivity contribution in [3.05, 3.63) is 73.3 Å². The number of aliphatic hydroxyl groups excluding tert-OH is 3. The van der Waals surface area contributed by atoms with E-state index >= 15 is 0 Å². The molecular formula is C48H66N20O4. The van der Waals surface area contributed by atoms with Gasteiger partial charge in [0.1, 0.15) is 22.1 Å². The molecule has 0 amide bonds. The van der Waals surface area contributed by atoms with Gasteiger partial charge in [0.25, 0.3) is 0 Å². The van der Waals surface area contributed by atoms with E-state index in [0.29, 0.717) is 69.3 Å². The Kier molecular flexibility index (Phi) is 20.9. The normalized spacial score (nSPS) is 13.8. The van der Waals surface area contributed by atoms with Crippen LogP contribution in [-0.4, -0.2) is 133 Å². The Hall–Kier alpha value is -7.80. The van der Waals surface area contributed by atoms with Crippen LogP contribution in [0.1, 0.15) is 71.6 Å². The van der Waals surface area contributed by atoms with Crippen LogP contribution in [0.2, 0.25) is 0 Å². The summed E-state index contributed by atoms with van der Waals surface area (Å²) in [5, 5.41) is 40.2. The molecular weight excluding hydrogens is 921 g/mol. The maximum Gasteiger partial charge on any atom is 0.222 e. The average Bonchev–Trinajstić information content (AvgIpc) is 3.92. The van der Waals surface area contributed by atoms with Crippen LogP contribution in [0.5, 0.6) is 0 Å². The number of hydrogen-bond donors (Lipinski definition) is 11. The fourth-order valence-corrected chi connectivity index (χ4v) is 7.40. The van der Waals surface area contributed by atoms with E-state index in [9.17, 15) is 10.2 Å². The van der Waals surface area contributed by atoms with E-state index in [1.54, 1.807) is 43.0 Å². The van der Waals surface area contributed by atoms with Crippen molar-refractivity contribution < 1.29 is 20.1 Å². The summed E-state index contributed by atoms with van der Waals surface area (Å²) in [5.41, 5.74) is 28.3. The summed E-state index contributed by atoms with van der Waals surface area (Å²) in [6.45, 7) is 6.68. The number of aromatic nitrogens is 12. The van der Waals surface area contributed by atoms with Crippen LogP contribution < -0.4 is 44.2 Å². The lowest BCUT2D eigenvalue weighted by atomic mass is 10.1. The van der Waals surface area contributed by atoms with Crippen molar-refractivity contribution in [2.45, 2.75) is 89.8 Å². The van der Waals surface area contributed by atoms with E-state index in [1.165, 1.54) is 0 Å². The van der Waals surface area contributed by atoms with Crippen LogP contribution in [0.15, 0.2) is 73.3 Å². The van der Waals surface area contributed by atoms with Crippen LogP contribution in [0, 0.1) is 0 Å². The van der Waals surface area contributed by atoms with E-state index in [0.717, 1.165) is 75.6 Å². The molecule has 0 saturated carbocycles. The van der Waals surface area contributed by atoms with Crippen molar-refractivity contribution in [3.63, 3.8) is 0 Å². The molecule has 1 aliphatic heterocycles. The highest BCUT2D eigenvalue weighted by Crippen LogP contribution is 2.23. The van der Waals surface area contributed by atoms with Gasteiger partial charge in [-0.25, -0.2) is 19.9 Å². The molecule has 72 heavy (non-hydrogen) atoms. The van der Waals surface area contributed by atoms with Crippen LogP contribution in [0.25, 0.3) is 44.1 Å². The predicted octanol–water partition coefficient (Wildman–Crippen LogP) is 4.74. The molecule has 3 atom stereocenters. The number of nitrogens with one attached hydrogen (secondary N) is 4. The third-order valence-corrected chi connectivity index (χ3v) is 11.0. The maximum absolute atomic E-state index is 9.40. The topological polar surface area (TPSA) is 377 Å². The molecule has 0 aliphatic carbocycles. The molecule has 24 nitrogen and oxygen atoms in total. The number of pyridine rings is 4. The molecule has 1 unspecified atom stereocenters. The summed E-state index contributed by atoms with van der Waals surface area (Å²) in [7, 11) is 0. The van der Waals surface area contributed by atoms with Gasteiger partial charge in [-0.2, -0.15) is 19.9 Å². The second-order valence-corrected chi connectivity index (χ2v) is 16.6. The van der Waals surface area contributed by atoms with Crippen molar-refractivity contribution in [2.75, 3.05) is 83.7 Å². The van der Waals surface area contributed by atoms with Gasteiger partial charge in [-0.15, -0.1) is 0 Å². The van der Waals surface area contributed by atoms with Gasteiger partial charge in [-0.3, -0.25) is 19.9 Å². The van der Waals surface area contributed by atoms with Gasteiger partial charge in [0.05, 0.1) is 53.5 Å². The van der Waals surface area contributed by atoms with Crippen LogP contribution in [-0.2, 0) is 4.74 Å². The van der Waals surface area contributed by atoms with Gasteiger partial charge in [-0.05, 0) is 80.6 Å². The Balaban J connectivity index is 0.000000157. The molecule has 1 saturated heterocycles. The molecule has 9 rings (SSSR count). The maximum atomic E-state index is 9.40. The molecule has 9 heterocycles. The monoisotopic (exact) mass is 987 g/mol. The summed E-state index contributed by atoms with van der Waals surface area (Å²) in [6.07, 6.45) is 15.9. The summed E-state index contributed by atoms with van der Waals surface area (Å²) >= 11 is 0. The average molecular weight is 987 g/mol. The lowest BCUT2D eigenvalue weighted by molar-refractivity contribution is 0.120. The van der Waals surface area contributed by atoms with Crippen molar-refractivity contribution >= 4 is 91.2 Å². The summed E-state index contributed by atoms with van der Waals surface area (Å²) in [6, 6.07) is 14.5. The highest BCUT2D eigenvalue weighted by atomic mass is 16.5. The quantitative estimate of drug-likeness (QED) is 0.0487. The van der Waals surface area contributed by atoms with E-state index in [-0.39, 0.29) is 61.8 Å². The smallest absolute Gasteiger partial charge is 0.222 e. The van der Waals surface area contributed by atoms with Gasteiger partial charge < -0.3 is 64.3 Å². The molecule has 0 aromatic carbocycles. The van der Waals surface area contributed by atoms with Crippen LogP contribution in [0.4, 0.5) is 47.1 Å². The number of rotatable bonds is 19. The van der Waals surface area contributed by atoms with E-state index in [1.807, 2.05) is 30.3 Å². The Bertz CT molecular complexity index is 2810. The van der Waals surface area contributed by atoms with Crippen molar-refractivity contribution in [1.29, 1.82) is 0 Å². The lowest BCUT2D eigenvalue weighted by Gasteiger charge is -2.17. The number of hydrogen-bond acceptors (Lipinski definition) is 24. The Morgan fingerprint density at radius 3 is 1.29 bits per heavy atom. The number of ether oxygens (including phenoxy) is 1. The van der Waals surface area contributed by atoms with Gasteiger partial charge in [-0.1, -0.05) is 39.5 Å². The van der Waals surface area contributed by atoms with Gasteiger partial charge in [0.2, 0.25) is 23.8 Å². The summed E-state index contributed by atoms with van der Waals surface area (Å²) < 4.78 is 5.56. The number of nitrogens with two attached hydrogens (primary N) is 4. The van der Waals surface area contributed by atoms with E-state index in [4.69, 9.17) is 32.8 Å². The first-order chi connectivity index (χ1) is 35.1. The first kappa shape index (κ1) is 53.5.